The highest BCUT2D eigenvalue weighted by atomic mass is 32.2. The molecule has 27 heavy (non-hydrogen) atoms. The first-order chi connectivity index (χ1) is 12.8. The molecule has 1 saturated heterocycles. The van der Waals surface area contributed by atoms with Crippen molar-refractivity contribution < 1.29 is 18.0 Å². The highest BCUT2D eigenvalue weighted by molar-refractivity contribution is 7.89. The number of hydrogen-bond donors (Lipinski definition) is 0. The Morgan fingerprint density at radius 3 is 2.37 bits per heavy atom. The zero-order valence-electron chi connectivity index (χ0n) is 15.3. The second-order valence-corrected chi connectivity index (χ2v) is 8.56. The molecule has 142 valence electrons. The molecule has 0 spiro atoms. The maximum absolute atomic E-state index is 13.0. The predicted octanol–water partition coefficient (Wildman–Crippen LogP) is 2.33. The summed E-state index contributed by atoms with van der Waals surface area (Å²) in [5.74, 6) is -0.914. The Balaban J connectivity index is 1.85. The Kier molecular flexibility index (Phi) is 5.32. The van der Waals surface area contributed by atoms with Crippen LogP contribution in [0.15, 0.2) is 59.5 Å². The Labute approximate surface area is 159 Å². The van der Waals surface area contributed by atoms with Crippen LogP contribution in [0.25, 0.3) is 0 Å². The van der Waals surface area contributed by atoms with Crippen LogP contribution in [0.4, 0.5) is 0 Å². The van der Waals surface area contributed by atoms with Crippen molar-refractivity contribution in [2.75, 3.05) is 7.05 Å². The first-order valence-corrected chi connectivity index (χ1v) is 10.2. The standard InChI is InChI=1S/C20H22N2O4S/c1-15-8-10-17(11-9-15)27(25,26)22-18(12-13-19(22)23)20(24)21(2)14-16-6-4-3-5-7-16/h3-11,18H,12-14H2,1-2H3/t18-/m0/s1. The van der Waals surface area contributed by atoms with Crippen LogP contribution in [0, 0.1) is 6.92 Å². The minimum absolute atomic E-state index is 0.0202. The summed E-state index contributed by atoms with van der Waals surface area (Å²) in [6, 6.07) is 14.7. The zero-order chi connectivity index (χ0) is 19.6. The van der Waals surface area contributed by atoms with Crippen molar-refractivity contribution in [3.63, 3.8) is 0 Å². The van der Waals surface area contributed by atoms with Crippen LogP contribution in [0.3, 0.4) is 0 Å². The van der Waals surface area contributed by atoms with Gasteiger partial charge in [-0.15, -0.1) is 0 Å². The van der Waals surface area contributed by atoms with Gasteiger partial charge in [-0.25, -0.2) is 12.7 Å². The molecule has 1 atom stereocenters. The van der Waals surface area contributed by atoms with E-state index in [0.717, 1.165) is 15.4 Å². The lowest BCUT2D eigenvalue weighted by Crippen LogP contribution is -2.47. The van der Waals surface area contributed by atoms with Gasteiger partial charge in [0.05, 0.1) is 4.90 Å². The molecule has 0 aromatic heterocycles. The Morgan fingerprint density at radius 2 is 1.74 bits per heavy atom. The van der Waals surface area contributed by atoms with Gasteiger partial charge in [-0.3, -0.25) is 9.59 Å². The van der Waals surface area contributed by atoms with Gasteiger partial charge in [0.25, 0.3) is 10.0 Å². The maximum Gasteiger partial charge on any atom is 0.267 e. The molecule has 0 saturated carbocycles. The summed E-state index contributed by atoms with van der Waals surface area (Å²) in [5.41, 5.74) is 1.85. The lowest BCUT2D eigenvalue weighted by molar-refractivity contribution is -0.137. The molecule has 6 nitrogen and oxygen atoms in total. The molecule has 7 heteroatoms. The summed E-state index contributed by atoms with van der Waals surface area (Å²) < 4.78 is 26.7. The third-order valence-corrected chi connectivity index (χ3v) is 6.51. The molecule has 1 heterocycles. The summed E-state index contributed by atoms with van der Waals surface area (Å²) in [6.07, 6.45) is 0.239. The van der Waals surface area contributed by atoms with E-state index in [1.54, 1.807) is 19.2 Å². The second-order valence-electron chi connectivity index (χ2n) is 6.74. The van der Waals surface area contributed by atoms with Gasteiger partial charge in [-0.2, -0.15) is 0 Å². The highest BCUT2D eigenvalue weighted by Crippen LogP contribution is 2.28. The predicted molar refractivity (Wildman–Crippen MR) is 101 cm³/mol. The number of nitrogens with zero attached hydrogens (tertiary/aromatic N) is 2. The minimum Gasteiger partial charge on any atom is -0.340 e. The van der Waals surface area contributed by atoms with Crippen LogP contribution in [0.2, 0.25) is 0 Å². The Morgan fingerprint density at radius 1 is 1.11 bits per heavy atom. The molecule has 0 aliphatic carbocycles. The smallest absolute Gasteiger partial charge is 0.267 e. The molecule has 0 bridgehead atoms. The minimum atomic E-state index is -4.07. The molecule has 0 radical (unpaired) electrons. The zero-order valence-corrected chi connectivity index (χ0v) is 16.1. The number of aryl methyl sites for hydroxylation is 1. The Hall–Kier alpha value is -2.67. The van der Waals surface area contributed by atoms with E-state index in [1.165, 1.54) is 17.0 Å². The van der Waals surface area contributed by atoms with Gasteiger partial charge in [0, 0.05) is 20.0 Å². The van der Waals surface area contributed by atoms with Crippen molar-refractivity contribution in [2.24, 2.45) is 0 Å². The molecular weight excluding hydrogens is 364 g/mol. The van der Waals surface area contributed by atoms with Gasteiger partial charge in [0.1, 0.15) is 6.04 Å². The average molecular weight is 386 g/mol. The first kappa shape index (κ1) is 19.1. The molecule has 1 aliphatic heterocycles. The summed E-state index contributed by atoms with van der Waals surface area (Å²) in [5, 5.41) is 0. The normalized spacial score (nSPS) is 17.2. The van der Waals surface area contributed by atoms with E-state index >= 15 is 0 Å². The number of carbonyl (C=O) groups is 2. The molecular formula is C20H22N2O4S. The molecule has 1 aliphatic rings. The van der Waals surface area contributed by atoms with Gasteiger partial charge in [-0.05, 0) is 31.0 Å². The second kappa shape index (κ2) is 7.52. The number of hydrogen-bond acceptors (Lipinski definition) is 4. The number of sulfonamides is 1. The third kappa shape index (κ3) is 3.88. The fraction of sp³-hybridized carbons (Fsp3) is 0.300. The largest absolute Gasteiger partial charge is 0.340 e. The molecule has 1 fully saturated rings. The van der Waals surface area contributed by atoms with Crippen LogP contribution in [0.1, 0.15) is 24.0 Å². The molecule has 2 amide bonds. The summed E-state index contributed by atoms with van der Waals surface area (Å²) in [6.45, 7) is 2.20. The third-order valence-electron chi connectivity index (χ3n) is 4.66. The number of benzene rings is 2. The fourth-order valence-corrected chi connectivity index (χ4v) is 4.80. The van der Waals surface area contributed by atoms with E-state index in [2.05, 4.69) is 0 Å². The monoisotopic (exact) mass is 386 g/mol. The van der Waals surface area contributed by atoms with Gasteiger partial charge in [-0.1, -0.05) is 48.0 Å². The van der Waals surface area contributed by atoms with E-state index in [0.29, 0.717) is 6.54 Å². The average Bonchev–Trinajstić information content (AvgIpc) is 3.04. The van der Waals surface area contributed by atoms with E-state index in [1.807, 2.05) is 37.3 Å². The summed E-state index contributed by atoms with van der Waals surface area (Å²) in [4.78, 5) is 26.7. The summed E-state index contributed by atoms with van der Waals surface area (Å²) in [7, 11) is -2.45. The van der Waals surface area contributed by atoms with Crippen LogP contribution >= 0.6 is 0 Å². The van der Waals surface area contributed by atoms with Crippen molar-refractivity contribution in [3.05, 3.63) is 65.7 Å². The van der Waals surface area contributed by atoms with Crippen molar-refractivity contribution in [1.82, 2.24) is 9.21 Å². The SMILES string of the molecule is Cc1ccc(S(=O)(=O)N2C(=O)CC[C@H]2C(=O)N(C)Cc2ccccc2)cc1. The van der Waals surface area contributed by atoms with E-state index in [9.17, 15) is 18.0 Å². The molecule has 3 rings (SSSR count). The van der Waals surface area contributed by atoms with E-state index in [4.69, 9.17) is 0 Å². The molecule has 2 aromatic carbocycles. The van der Waals surface area contributed by atoms with Crippen molar-refractivity contribution in [3.8, 4) is 0 Å². The summed E-state index contributed by atoms with van der Waals surface area (Å²) >= 11 is 0. The number of carbonyl (C=O) groups excluding carboxylic acids is 2. The quantitative estimate of drug-likeness (QED) is 0.790. The van der Waals surface area contributed by atoms with E-state index < -0.39 is 22.0 Å². The van der Waals surface area contributed by atoms with Crippen molar-refractivity contribution in [1.29, 1.82) is 0 Å². The lowest BCUT2D eigenvalue weighted by atomic mass is 10.1. The number of rotatable bonds is 5. The van der Waals surface area contributed by atoms with Crippen molar-refractivity contribution >= 4 is 21.8 Å². The lowest BCUT2D eigenvalue weighted by Gasteiger charge is -2.27. The van der Waals surface area contributed by atoms with Crippen LogP contribution < -0.4 is 0 Å². The van der Waals surface area contributed by atoms with Gasteiger partial charge in [0.2, 0.25) is 11.8 Å². The number of likely N-dealkylation sites (N-methyl/N-ethyl adjacent to an activating group) is 1. The Bertz CT molecular complexity index is 940. The van der Waals surface area contributed by atoms with Crippen LogP contribution in [0.5, 0.6) is 0 Å². The van der Waals surface area contributed by atoms with Crippen LogP contribution in [-0.2, 0) is 26.2 Å². The van der Waals surface area contributed by atoms with Gasteiger partial charge >= 0.3 is 0 Å². The molecule has 2 aromatic rings. The molecule has 0 N–H and O–H groups in total. The molecule has 0 unspecified atom stereocenters. The van der Waals surface area contributed by atoms with Gasteiger partial charge < -0.3 is 4.90 Å². The fourth-order valence-electron chi connectivity index (χ4n) is 3.20. The topological polar surface area (TPSA) is 74.8 Å². The van der Waals surface area contributed by atoms with Gasteiger partial charge in [0.15, 0.2) is 0 Å². The first-order valence-electron chi connectivity index (χ1n) is 8.73. The van der Waals surface area contributed by atoms with Crippen LogP contribution in [-0.4, -0.2) is 42.5 Å². The van der Waals surface area contributed by atoms with E-state index in [-0.39, 0.29) is 23.6 Å². The van der Waals surface area contributed by atoms with Crippen molar-refractivity contribution in [2.45, 2.75) is 37.2 Å². The highest BCUT2D eigenvalue weighted by Gasteiger charge is 2.45. The number of amides is 2. The maximum atomic E-state index is 13.0.